The normalized spacial score (nSPS) is 12.1. The lowest BCUT2D eigenvalue weighted by Crippen LogP contribution is -2.13. The van der Waals surface area contributed by atoms with E-state index in [0.29, 0.717) is 25.9 Å². The van der Waals surface area contributed by atoms with E-state index < -0.39 is 23.2 Å². The van der Waals surface area contributed by atoms with Gasteiger partial charge in [0, 0.05) is 17.1 Å². The second kappa shape index (κ2) is 6.46. The third kappa shape index (κ3) is 2.86. The van der Waals surface area contributed by atoms with Gasteiger partial charge in [-0.25, -0.2) is 18.9 Å². The number of H-pyrrole nitrogens is 1. The Morgan fingerprint density at radius 3 is 2.57 bits per heavy atom. The molecule has 0 unspecified atom stereocenters. The number of nitrogens with zero attached hydrogens (tertiary/aromatic N) is 4. The number of rotatable bonds is 2. The Morgan fingerprint density at radius 2 is 1.83 bits per heavy atom. The van der Waals surface area contributed by atoms with E-state index in [9.17, 15) is 22.4 Å². The van der Waals surface area contributed by atoms with Gasteiger partial charge in [-0.15, -0.1) is 11.3 Å². The summed E-state index contributed by atoms with van der Waals surface area (Å²) in [5.74, 6) is -0.340. The molecule has 0 amide bonds. The molecule has 5 aromatic rings. The molecule has 0 saturated carbocycles. The number of aromatic nitrogens is 5. The summed E-state index contributed by atoms with van der Waals surface area (Å²) in [6, 6.07) is 6.50. The van der Waals surface area contributed by atoms with Crippen molar-refractivity contribution in [2.24, 2.45) is 0 Å². The van der Waals surface area contributed by atoms with Gasteiger partial charge in [0.2, 0.25) is 0 Å². The Kier molecular flexibility index (Phi) is 3.97. The van der Waals surface area contributed by atoms with Crippen molar-refractivity contribution in [1.29, 1.82) is 0 Å². The molecular weight excluding hydrogens is 422 g/mol. The zero-order valence-electron chi connectivity index (χ0n) is 14.7. The molecule has 5 rings (SSSR count). The van der Waals surface area contributed by atoms with E-state index in [1.807, 2.05) is 0 Å². The molecule has 150 valence electrons. The van der Waals surface area contributed by atoms with Crippen molar-refractivity contribution in [3.8, 4) is 22.5 Å². The monoisotopic (exact) mass is 431 g/mol. The number of hydrogen-bond acceptors (Lipinski definition) is 5. The highest BCUT2D eigenvalue weighted by atomic mass is 32.1. The van der Waals surface area contributed by atoms with Crippen LogP contribution in [0, 0.1) is 5.82 Å². The molecule has 0 radical (unpaired) electrons. The molecule has 1 aromatic carbocycles. The summed E-state index contributed by atoms with van der Waals surface area (Å²) >= 11 is 1.20. The van der Waals surface area contributed by atoms with Crippen LogP contribution >= 0.6 is 11.3 Å². The van der Waals surface area contributed by atoms with Crippen LogP contribution in [0.25, 0.3) is 38.4 Å². The average Bonchev–Trinajstić information content (AvgIpc) is 3.32. The molecule has 1 N–H and O–H groups in total. The van der Waals surface area contributed by atoms with E-state index in [1.165, 1.54) is 29.7 Å². The first-order valence-corrected chi connectivity index (χ1v) is 9.38. The summed E-state index contributed by atoms with van der Waals surface area (Å²) in [5, 5.41) is 5.81. The van der Waals surface area contributed by atoms with Gasteiger partial charge in [0.25, 0.3) is 5.56 Å². The van der Waals surface area contributed by atoms with Gasteiger partial charge in [-0.1, -0.05) is 12.1 Å². The molecule has 0 fully saturated rings. The lowest BCUT2D eigenvalue weighted by molar-refractivity contribution is -0.142. The fourth-order valence-electron chi connectivity index (χ4n) is 3.19. The summed E-state index contributed by atoms with van der Waals surface area (Å²) < 4.78 is 53.5. The summed E-state index contributed by atoms with van der Waals surface area (Å²) in [6.07, 6.45) is -2.42. The highest BCUT2D eigenvalue weighted by molar-refractivity contribution is 7.17. The van der Waals surface area contributed by atoms with Crippen LogP contribution in [-0.2, 0) is 6.18 Å². The first-order chi connectivity index (χ1) is 14.3. The third-order valence-electron chi connectivity index (χ3n) is 4.55. The van der Waals surface area contributed by atoms with Gasteiger partial charge in [-0.2, -0.15) is 18.3 Å². The zero-order valence-corrected chi connectivity index (χ0v) is 15.6. The lowest BCUT2D eigenvalue weighted by atomic mass is 10.1. The summed E-state index contributed by atoms with van der Waals surface area (Å²) in [5.41, 5.74) is -0.138. The van der Waals surface area contributed by atoms with Crippen LogP contribution in [0.2, 0.25) is 0 Å². The first-order valence-electron chi connectivity index (χ1n) is 8.51. The van der Waals surface area contributed by atoms with Crippen LogP contribution < -0.4 is 5.56 Å². The van der Waals surface area contributed by atoms with Crippen molar-refractivity contribution in [2.75, 3.05) is 0 Å². The second-order valence-corrected chi connectivity index (χ2v) is 7.23. The van der Waals surface area contributed by atoms with E-state index in [2.05, 4.69) is 20.1 Å². The van der Waals surface area contributed by atoms with Gasteiger partial charge in [0.15, 0.2) is 5.65 Å². The van der Waals surface area contributed by atoms with Gasteiger partial charge >= 0.3 is 6.18 Å². The highest BCUT2D eigenvalue weighted by Gasteiger charge is 2.34. The molecule has 0 spiro atoms. The minimum atomic E-state index is -4.62. The second-order valence-electron chi connectivity index (χ2n) is 6.37. The van der Waals surface area contributed by atoms with E-state index in [-0.39, 0.29) is 17.0 Å². The molecule has 0 aliphatic carbocycles. The van der Waals surface area contributed by atoms with Gasteiger partial charge in [0.1, 0.15) is 22.2 Å². The van der Waals surface area contributed by atoms with Crippen LogP contribution in [0.5, 0.6) is 0 Å². The molecule has 4 heterocycles. The Balaban J connectivity index is 1.69. The number of fused-ring (bicyclic) bond motifs is 2. The topological polar surface area (TPSA) is 75.9 Å². The van der Waals surface area contributed by atoms with Crippen molar-refractivity contribution in [1.82, 2.24) is 24.6 Å². The van der Waals surface area contributed by atoms with Crippen LogP contribution in [0.1, 0.15) is 5.69 Å². The number of halogens is 4. The largest absolute Gasteiger partial charge is 0.433 e. The predicted molar refractivity (Wildman–Crippen MR) is 103 cm³/mol. The number of hydrogen-bond donors (Lipinski definition) is 1. The molecule has 0 atom stereocenters. The van der Waals surface area contributed by atoms with Crippen molar-refractivity contribution < 1.29 is 17.6 Å². The molecule has 11 heteroatoms. The van der Waals surface area contributed by atoms with Crippen molar-refractivity contribution in [3.05, 3.63) is 70.0 Å². The van der Waals surface area contributed by atoms with Crippen molar-refractivity contribution in [2.45, 2.75) is 6.18 Å². The Morgan fingerprint density at radius 1 is 1.07 bits per heavy atom. The quantitative estimate of drug-likeness (QED) is 0.417. The SMILES string of the molecule is O=c1[nH]c(-c2cnn3c(C(F)(F)F)ccnc23)nc2scc(-c3ccc(F)cc3)c12. The number of benzene rings is 1. The van der Waals surface area contributed by atoms with Gasteiger partial charge < -0.3 is 4.98 Å². The van der Waals surface area contributed by atoms with Crippen molar-refractivity contribution in [3.63, 3.8) is 0 Å². The van der Waals surface area contributed by atoms with Crippen LogP contribution in [0.4, 0.5) is 17.6 Å². The number of thiophene rings is 1. The predicted octanol–water partition coefficient (Wildman–Crippen LogP) is 4.52. The standard InChI is InChI=1S/C19H9F4N5OS/c20-10-3-1-9(2-4-10)12-8-30-18-14(12)17(29)26-15(27-18)11-7-25-28-13(19(21,22)23)5-6-24-16(11)28/h1-8H,(H,26,27,29). The van der Waals surface area contributed by atoms with Crippen molar-refractivity contribution >= 4 is 27.2 Å². The highest BCUT2D eigenvalue weighted by Crippen LogP contribution is 2.33. The maximum Gasteiger partial charge on any atom is 0.433 e. The molecule has 4 aromatic heterocycles. The average molecular weight is 431 g/mol. The zero-order chi connectivity index (χ0) is 21.0. The van der Waals surface area contributed by atoms with E-state index in [1.54, 1.807) is 17.5 Å². The van der Waals surface area contributed by atoms with Gasteiger partial charge in [-0.05, 0) is 23.8 Å². The Hall–Kier alpha value is -3.60. The van der Waals surface area contributed by atoms with Crippen LogP contribution in [0.15, 0.2) is 52.9 Å². The third-order valence-corrected chi connectivity index (χ3v) is 5.42. The maximum atomic E-state index is 13.2. The summed E-state index contributed by atoms with van der Waals surface area (Å²) in [7, 11) is 0. The lowest BCUT2D eigenvalue weighted by Gasteiger charge is -2.08. The summed E-state index contributed by atoms with van der Waals surface area (Å²) in [6.45, 7) is 0. The fraction of sp³-hybridized carbons (Fsp3) is 0.0526. The molecule has 0 bridgehead atoms. The Bertz CT molecular complexity index is 1470. The van der Waals surface area contributed by atoms with Crippen LogP contribution in [-0.4, -0.2) is 24.6 Å². The van der Waals surface area contributed by atoms with E-state index in [0.717, 1.165) is 12.3 Å². The molecule has 6 nitrogen and oxygen atoms in total. The number of nitrogens with one attached hydrogen (secondary N) is 1. The van der Waals surface area contributed by atoms with Gasteiger partial charge in [0.05, 0.1) is 17.1 Å². The fourth-order valence-corrected chi connectivity index (χ4v) is 4.14. The number of aromatic amines is 1. The Labute approximate surface area is 168 Å². The molecule has 30 heavy (non-hydrogen) atoms. The minimum Gasteiger partial charge on any atom is -0.306 e. The first kappa shape index (κ1) is 18.4. The number of alkyl halides is 3. The smallest absolute Gasteiger partial charge is 0.306 e. The summed E-state index contributed by atoms with van der Waals surface area (Å²) in [4.78, 5) is 24.1. The minimum absolute atomic E-state index is 0.0573. The van der Waals surface area contributed by atoms with E-state index in [4.69, 9.17) is 0 Å². The van der Waals surface area contributed by atoms with Gasteiger partial charge in [-0.3, -0.25) is 4.79 Å². The molecule has 0 aliphatic heterocycles. The molecular formula is C19H9F4N5OS. The van der Waals surface area contributed by atoms with Crippen LogP contribution in [0.3, 0.4) is 0 Å². The molecule has 0 aliphatic rings. The molecule has 0 saturated heterocycles. The maximum absolute atomic E-state index is 13.2. The van der Waals surface area contributed by atoms with E-state index >= 15 is 0 Å².